The third-order valence-corrected chi connectivity index (χ3v) is 7.91. The Kier molecular flexibility index (Phi) is 6.85. The zero-order valence-corrected chi connectivity index (χ0v) is 13.9. The highest BCUT2D eigenvalue weighted by Crippen LogP contribution is 2.37. The highest BCUT2D eigenvalue weighted by atomic mass is 28.4. The third kappa shape index (κ3) is 6.35. The number of carbonyl (C=O) groups is 1. The summed E-state index contributed by atoms with van der Waals surface area (Å²) in [5.41, 5.74) is 0. The minimum absolute atomic E-state index is 0.136. The van der Waals surface area contributed by atoms with Crippen LogP contribution in [0.5, 0.6) is 0 Å². The zero-order chi connectivity index (χ0) is 14.4. The van der Waals surface area contributed by atoms with Crippen LogP contribution >= 0.6 is 0 Å². The maximum Gasteiger partial charge on any atom is 0.330 e. The molecule has 0 aliphatic heterocycles. The van der Waals surface area contributed by atoms with Gasteiger partial charge in [-0.05, 0) is 38.4 Å². The largest absolute Gasteiger partial charge is 0.463 e. The van der Waals surface area contributed by atoms with Gasteiger partial charge in [-0.1, -0.05) is 26.8 Å². The van der Waals surface area contributed by atoms with Crippen molar-refractivity contribution < 1.29 is 14.0 Å². The molecule has 4 heteroatoms. The van der Waals surface area contributed by atoms with Gasteiger partial charge >= 0.3 is 5.97 Å². The SMILES string of the molecule is CCOC(=O)/C=C/CC(C)O[Si](C)(C)C(C)(C)C. The van der Waals surface area contributed by atoms with Crippen molar-refractivity contribution in [2.75, 3.05) is 6.61 Å². The normalized spacial score (nSPS) is 14.8. The van der Waals surface area contributed by atoms with Crippen molar-refractivity contribution in [1.29, 1.82) is 0 Å². The van der Waals surface area contributed by atoms with E-state index < -0.39 is 8.32 Å². The lowest BCUT2D eigenvalue weighted by Crippen LogP contribution is -2.43. The molecule has 0 fully saturated rings. The van der Waals surface area contributed by atoms with E-state index in [0.29, 0.717) is 6.61 Å². The lowest BCUT2D eigenvalue weighted by molar-refractivity contribution is -0.137. The van der Waals surface area contributed by atoms with E-state index in [4.69, 9.17) is 9.16 Å². The number of hydrogen-bond acceptors (Lipinski definition) is 3. The molecular weight excluding hydrogens is 244 g/mol. The van der Waals surface area contributed by atoms with Crippen LogP contribution in [0.4, 0.5) is 0 Å². The summed E-state index contributed by atoms with van der Waals surface area (Å²) in [6.07, 6.45) is 4.19. The van der Waals surface area contributed by atoms with Crippen LogP contribution < -0.4 is 0 Å². The fourth-order valence-corrected chi connectivity index (χ4v) is 2.73. The van der Waals surface area contributed by atoms with Gasteiger partial charge in [-0.2, -0.15) is 0 Å². The van der Waals surface area contributed by atoms with E-state index in [0.717, 1.165) is 6.42 Å². The summed E-state index contributed by atoms with van der Waals surface area (Å²) in [7, 11) is -1.71. The molecule has 0 aliphatic carbocycles. The van der Waals surface area contributed by atoms with E-state index in [1.165, 1.54) is 6.08 Å². The topological polar surface area (TPSA) is 35.5 Å². The maximum atomic E-state index is 11.1. The van der Waals surface area contributed by atoms with Gasteiger partial charge < -0.3 is 9.16 Å². The summed E-state index contributed by atoms with van der Waals surface area (Å²) in [4.78, 5) is 11.1. The molecule has 0 heterocycles. The van der Waals surface area contributed by atoms with Crippen LogP contribution in [0.15, 0.2) is 12.2 Å². The second kappa shape index (κ2) is 7.09. The van der Waals surface area contributed by atoms with Gasteiger partial charge in [0.1, 0.15) is 0 Å². The Morgan fingerprint density at radius 3 is 2.33 bits per heavy atom. The van der Waals surface area contributed by atoms with E-state index in [9.17, 15) is 4.79 Å². The molecule has 0 aromatic rings. The molecule has 106 valence electrons. The Labute approximate surface area is 113 Å². The van der Waals surface area contributed by atoms with Gasteiger partial charge in [-0.25, -0.2) is 4.79 Å². The zero-order valence-electron chi connectivity index (χ0n) is 12.9. The Hall–Kier alpha value is -0.613. The van der Waals surface area contributed by atoms with Crippen molar-refractivity contribution in [1.82, 2.24) is 0 Å². The van der Waals surface area contributed by atoms with Crippen molar-refractivity contribution >= 4 is 14.3 Å². The van der Waals surface area contributed by atoms with Crippen LogP contribution in [0.1, 0.15) is 41.0 Å². The Morgan fingerprint density at radius 2 is 1.89 bits per heavy atom. The first kappa shape index (κ1) is 17.4. The number of carbonyl (C=O) groups excluding carboxylic acids is 1. The third-order valence-electron chi connectivity index (χ3n) is 3.31. The summed E-state index contributed by atoms with van der Waals surface area (Å²) < 4.78 is 11.0. The number of hydrogen-bond donors (Lipinski definition) is 0. The van der Waals surface area contributed by atoms with Crippen molar-refractivity contribution in [3.8, 4) is 0 Å². The monoisotopic (exact) mass is 272 g/mol. The summed E-state index contributed by atoms with van der Waals surface area (Å²) in [6, 6.07) is 0. The molecule has 0 rings (SSSR count). The molecule has 0 spiro atoms. The Morgan fingerprint density at radius 1 is 1.33 bits per heavy atom. The second-order valence-electron chi connectivity index (χ2n) is 6.08. The van der Waals surface area contributed by atoms with E-state index in [-0.39, 0.29) is 17.1 Å². The molecule has 0 bridgehead atoms. The number of rotatable bonds is 6. The minimum atomic E-state index is -1.71. The molecule has 0 saturated carbocycles. The molecule has 1 atom stereocenters. The average molecular weight is 272 g/mol. The molecule has 0 saturated heterocycles. The van der Waals surface area contributed by atoms with E-state index >= 15 is 0 Å². The number of ether oxygens (including phenoxy) is 1. The van der Waals surface area contributed by atoms with Crippen LogP contribution in [0.25, 0.3) is 0 Å². The van der Waals surface area contributed by atoms with Gasteiger partial charge in [-0.15, -0.1) is 0 Å². The molecule has 18 heavy (non-hydrogen) atoms. The molecule has 0 N–H and O–H groups in total. The Bertz CT molecular complexity index is 290. The van der Waals surface area contributed by atoms with Crippen molar-refractivity contribution in [3.05, 3.63) is 12.2 Å². The fourth-order valence-electron chi connectivity index (χ4n) is 1.27. The van der Waals surface area contributed by atoms with Crippen LogP contribution in [-0.4, -0.2) is 27.0 Å². The van der Waals surface area contributed by atoms with E-state index in [2.05, 4.69) is 40.8 Å². The molecule has 0 amide bonds. The van der Waals surface area contributed by atoms with Gasteiger partial charge in [0.25, 0.3) is 0 Å². The van der Waals surface area contributed by atoms with Gasteiger partial charge in [0.15, 0.2) is 8.32 Å². The first-order valence-corrected chi connectivity index (χ1v) is 9.52. The van der Waals surface area contributed by atoms with Crippen LogP contribution in [0, 0.1) is 0 Å². The van der Waals surface area contributed by atoms with Crippen LogP contribution in [0.2, 0.25) is 18.1 Å². The van der Waals surface area contributed by atoms with E-state index in [1.54, 1.807) is 6.92 Å². The Balaban J connectivity index is 4.20. The second-order valence-corrected chi connectivity index (χ2v) is 10.8. The molecule has 0 aromatic carbocycles. The average Bonchev–Trinajstić information content (AvgIpc) is 2.15. The molecular formula is C14H28O3Si. The maximum absolute atomic E-state index is 11.1. The predicted molar refractivity (Wildman–Crippen MR) is 78.1 cm³/mol. The van der Waals surface area contributed by atoms with E-state index in [1.807, 2.05) is 6.08 Å². The summed E-state index contributed by atoms with van der Waals surface area (Å²) in [5, 5.41) is 0.214. The fraction of sp³-hybridized carbons (Fsp3) is 0.786. The molecule has 0 radical (unpaired) electrons. The van der Waals surface area contributed by atoms with Gasteiger partial charge in [-0.3, -0.25) is 0 Å². The van der Waals surface area contributed by atoms with Crippen molar-refractivity contribution in [3.63, 3.8) is 0 Å². The van der Waals surface area contributed by atoms with Gasteiger partial charge in [0, 0.05) is 12.2 Å². The lowest BCUT2D eigenvalue weighted by atomic mass is 10.2. The van der Waals surface area contributed by atoms with Gasteiger partial charge in [0.2, 0.25) is 0 Å². The molecule has 0 aromatic heterocycles. The van der Waals surface area contributed by atoms with Crippen LogP contribution in [0.3, 0.4) is 0 Å². The molecule has 1 unspecified atom stereocenters. The van der Waals surface area contributed by atoms with Crippen LogP contribution in [-0.2, 0) is 14.0 Å². The highest BCUT2D eigenvalue weighted by Gasteiger charge is 2.38. The minimum Gasteiger partial charge on any atom is -0.463 e. The predicted octanol–water partition coefficient (Wildman–Crippen LogP) is 3.91. The lowest BCUT2D eigenvalue weighted by Gasteiger charge is -2.38. The highest BCUT2D eigenvalue weighted by molar-refractivity contribution is 6.74. The first-order chi connectivity index (χ1) is 8.10. The molecule has 3 nitrogen and oxygen atoms in total. The summed E-state index contributed by atoms with van der Waals surface area (Å²) >= 11 is 0. The molecule has 0 aliphatic rings. The van der Waals surface area contributed by atoms with Crippen molar-refractivity contribution in [2.24, 2.45) is 0 Å². The van der Waals surface area contributed by atoms with Gasteiger partial charge in [0.05, 0.1) is 6.61 Å². The van der Waals surface area contributed by atoms with Crippen molar-refractivity contribution in [2.45, 2.75) is 65.3 Å². The summed E-state index contributed by atoms with van der Waals surface area (Å²) in [5.74, 6) is -0.281. The number of esters is 1. The smallest absolute Gasteiger partial charge is 0.330 e. The first-order valence-electron chi connectivity index (χ1n) is 6.61. The summed E-state index contributed by atoms with van der Waals surface area (Å²) in [6.45, 7) is 15.4. The standard InChI is InChI=1S/C14H28O3Si/c1-8-16-13(15)11-9-10-12(2)17-18(6,7)14(3,4)5/h9,11-12H,8,10H2,1-7H3/b11-9+. The quantitative estimate of drug-likeness (QED) is 0.418.